The van der Waals surface area contributed by atoms with E-state index in [2.05, 4.69) is 46.9 Å². The summed E-state index contributed by atoms with van der Waals surface area (Å²) in [6.45, 7) is 10.9. The van der Waals surface area contributed by atoms with E-state index >= 15 is 0 Å². The number of hydrogen-bond acceptors (Lipinski definition) is 5. The van der Waals surface area contributed by atoms with Crippen LogP contribution in [-0.4, -0.2) is 37.5 Å². The average Bonchev–Trinajstić information content (AvgIpc) is 3.03. The number of anilines is 1. The molecule has 0 atom stereocenters. The number of aryl methyl sites for hydroxylation is 1. The molecule has 3 aromatic rings. The maximum Gasteiger partial charge on any atom is 0.266 e. The normalized spacial score (nSPS) is 16.1. The van der Waals surface area contributed by atoms with Gasteiger partial charge in [-0.3, -0.25) is 4.79 Å². The predicted octanol–water partition coefficient (Wildman–Crippen LogP) is 2.81. The molecule has 0 bridgehead atoms. The predicted molar refractivity (Wildman–Crippen MR) is 110 cm³/mol. The van der Waals surface area contributed by atoms with Crippen molar-refractivity contribution in [3.63, 3.8) is 0 Å². The van der Waals surface area contributed by atoms with Crippen LogP contribution in [0.5, 0.6) is 0 Å². The van der Waals surface area contributed by atoms with Gasteiger partial charge in [0, 0.05) is 43.5 Å². The highest BCUT2D eigenvalue weighted by Gasteiger charge is 2.24. The third-order valence-corrected chi connectivity index (χ3v) is 5.47. The molecule has 0 aliphatic carbocycles. The monoisotopic (exact) mass is 380 g/mol. The van der Waals surface area contributed by atoms with E-state index in [-0.39, 0.29) is 11.0 Å². The van der Waals surface area contributed by atoms with Gasteiger partial charge in [-0.25, -0.2) is 14.2 Å². The Morgan fingerprint density at radius 3 is 2.61 bits per heavy atom. The first-order valence-corrected chi connectivity index (χ1v) is 9.96. The van der Waals surface area contributed by atoms with Crippen LogP contribution in [0.25, 0.3) is 5.52 Å². The first kappa shape index (κ1) is 18.7. The molecule has 28 heavy (non-hydrogen) atoms. The molecule has 0 N–H and O–H groups in total. The van der Waals surface area contributed by atoms with E-state index < -0.39 is 0 Å². The molecule has 4 rings (SSSR count). The number of hydrogen-bond donors (Lipinski definition) is 0. The number of fused-ring (bicyclic) bond motifs is 1. The maximum atomic E-state index is 12.3. The van der Waals surface area contributed by atoms with E-state index in [9.17, 15) is 4.79 Å². The third kappa shape index (κ3) is 3.66. The second-order valence-electron chi connectivity index (χ2n) is 8.79. The molecule has 0 radical (unpaired) electrons. The molecule has 7 heteroatoms. The van der Waals surface area contributed by atoms with Crippen LogP contribution in [0.15, 0.2) is 35.4 Å². The van der Waals surface area contributed by atoms with Gasteiger partial charge in [0.15, 0.2) is 5.82 Å². The zero-order valence-electron chi connectivity index (χ0n) is 17.1. The van der Waals surface area contributed by atoms with Crippen molar-refractivity contribution < 1.29 is 0 Å². The Morgan fingerprint density at radius 2 is 1.89 bits per heavy atom. The molecule has 0 spiro atoms. The number of aromatic nitrogens is 5. The summed E-state index contributed by atoms with van der Waals surface area (Å²) in [5.74, 6) is 1.44. The fourth-order valence-corrected chi connectivity index (χ4v) is 3.83. The van der Waals surface area contributed by atoms with Crippen molar-refractivity contribution in [2.45, 2.75) is 52.5 Å². The van der Waals surface area contributed by atoms with Gasteiger partial charge in [-0.2, -0.15) is 10.2 Å². The third-order valence-electron chi connectivity index (χ3n) is 5.47. The molecule has 0 amide bonds. The van der Waals surface area contributed by atoms with Gasteiger partial charge in [-0.15, -0.1) is 0 Å². The summed E-state index contributed by atoms with van der Waals surface area (Å²) >= 11 is 0. The van der Waals surface area contributed by atoms with Crippen molar-refractivity contribution in [3.8, 4) is 0 Å². The van der Waals surface area contributed by atoms with E-state index in [4.69, 9.17) is 0 Å². The van der Waals surface area contributed by atoms with Gasteiger partial charge in [0.05, 0.1) is 11.4 Å². The second kappa shape index (κ2) is 7.04. The van der Waals surface area contributed by atoms with Gasteiger partial charge < -0.3 is 4.90 Å². The summed E-state index contributed by atoms with van der Waals surface area (Å²) in [7, 11) is 0. The lowest BCUT2D eigenvalue weighted by Crippen LogP contribution is -2.37. The molecule has 1 aliphatic rings. The minimum Gasteiger partial charge on any atom is -0.355 e. The molecule has 0 saturated carbocycles. The van der Waals surface area contributed by atoms with Crippen LogP contribution in [-0.2, 0) is 12.0 Å². The van der Waals surface area contributed by atoms with Crippen LogP contribution in [0.2, 0.25) is 0 Å². The fraction of sp³-hybridized carbons (Fsp3) is 0.524. The van der Waals surface area contributed by atoms with E-state index in [0.717, 1.165) is 48.7 Å². The Bertz CT molecular complexity index is 1040. The molecule has 7 nitrogen and oxygen atoms in total. The fourth-order valence-electron chi connectivity index (χ4n) is 3.83. The molecule has 3 aromatic heterocycles. The van der Waals surface area contributed by atoms with Gasteiger partial charge in [0.25, 0.3) is 5.56 Å². The Hall–Kier alpha value is -2.70. The topological polar surface area (TPSA) is 68.3 Å². The van der Waals surface area contributed by atoms with Gasteiger partial charge in [0.2, 0.25) is 0 Å². The van der Waals surface area contributed by atoms with Gasteiger partial charge in [-0.1, -0.05) is 20.8 Å². The van der Waals surface area contributed by atoms with E-state index in [1.54, 1.807) is 10.7 Å². The Labute approximate surface area is 165 Å². The van der Waals surface area contributed by atoms with Crippen LogP contribution >= 0.6 is 0 Å². The largest absolute Gasteiger partial charge is 0.355 e. The van der Waals surface area contributed by atoms with Crippen molar-refractivity contribution in [1.82, 2.24) is 24.4 Å². The Balaban J connectivity index is 1.47. The van der Waals surface area contributed by atoms with Crippen molar-refractivity contribution >= 4 is 11.3 Å². The molecule has 1 aliphatic heterocycles. The van der Waals surface area contributed by atoms with Crippen molar-refractivity contribution in [3.05, 3.63) is 52.3 Å². The lowest BCUT2D eigenvalue weighted by molar-refractivity contribution is 0.329. The first-order chi connectivity index (χ1) is 13.3. The van der Waals surface area contributed by atoms with Gasteiger partial charge in [0.1, 0.15) is 5.52 Å². The quantitative estimate of drug-likeness (QED) is 0.699. The number of rotatable bonds is 3. The van der Waals surface area contributed by atoms with Crippen LogP contribution in [0, 0.1) is 12.8 Å². The van der Waals surface area contributed by atoms with Crippen LogP contribution < -0.4 is 10.5 Å². The van der Waals surface area contributed by atoms with Crippen LogP contribution in [0.3, 0.4) is 0 Å². The minimum atomic E-state index is -0.0630. The smallest absolute Gasteiger partial charge is 0.266 e. The van der Waals surface area contributed by atoms with Crippen molar-refractivity contribution in [1.29, 1.82) is 0 Å². The SMILES string of the molecule is Cc1cc2c(N3CCC(Cn4nc(C(C)(C)C)ccc4=O)CC3)nccn2n1. The van der Waals surface area contributed by atoms with Crippen molar-refractivity contribution in [2.24, 2.45) is 5.92 Å². The van der Waals surface area contributed by atoms with E-state index in [0.29, 0.717) is 12.5 Å². The molecular weight excluding hydrogens is 352 g/mol. The van der Waals surface area contributed by atoms with E-state index in [1.165, 1.54) is 0 Å². The first-order valence-electron chi connectivity index (χ1n) is 9.96. The molecule has 4 heterocycles. The molecule has 1 fully saturated rings. The van der Waals surface area contributed by atoms with Crippen LogP contribution in [0.4, 0.5) is 5.82 Å². The molecule has 0 unspecified atom stereocenters. The molecule has 0 aromatic carbocycles. The minimum absolute atomic E-state index is 0.0170. The average molecular weight is 380 g/mol. The summed E-state index contributed by atoms with van der Waals surface area (Å²) < 4.78 is 3.55. The maximum absolute atomic E-state index is 12.3. The Morgan fingerprint density at radius 1 is 1.14 bits per heavy atom. The van der Waals surface area contributed by atoms with E-state index in [1.807, 2.05) is 29.9 Å². The number of piperidine rings is 1. The van der Waals surface area contributed by atoms with Crippen molar-refractivity contribution in [2.75, 3.05) is 18.0 Å². The molecule has 148 valence electrons. The molecular formula is C21H28N6O. The van der Waals surface area contributed by atoms with Crippen LogP contribution in [0.1, 0.15) is 45.0 Å². The van der Waals surface area contributed by atoms with Gasteiger partial charge in [-0.05, 0) is 37.8 Å². The number of nitrogens with zero attached hydrogens (tertiary/aromatic N) is 6. The summed E-state index contributed by atoms with van der Waals surface area (Å²) in [6.07, 6.45) is 5.73. The lowest BCUT2D eigenvalue weighted by Gasteiger charge is -2.33. The summed E-state index contributed by atoms with van der Waals surface area (Å²) in [4.78, 5) is 19.2. The second-order valence-corrected chi connectivity index (χ2v) is 8.79. The standard InChI is InChI=1S/C21H28N6O/c1-15-13-17-20(22-9-12-26(17)23-15)25-10-7-16(8-11-25)14-27-19(28)6-5-18(24-27)21(2,3)4/h5-6,9,12-13,16H,7-8,10-11,14H2,1-4H3. The highest BCUT2D eigenvalue weighted by Crippen LogP contribution is 2.26. The zero-order valence-corrected chi connectivity index (χ0v) is 17.1. The molecule has 1 saturated heterocycles. The summed E-state index contributed by atoms with van der Waals surface area (Å²) in [6, 6.07) is 5.58. The lowest BCUT2D eigenvalue weighted by atomic mass is 9.92. The Kier molecular flexibility index (Phi) is 4.69. The van der Waals surface area contributed by atoms with Gasteiger partial charge >= 0.3 is 0 Å². The highest BCUT2D eigenvalue weighted by molar-refractivity contribution is 5.69. The summed E-state index contributed by atoms with van der Waals surface area (Å²) in [5.41, 5.74) is 2.92. The highest BCUT2D eigenvalue weighted by atomic mass is 16.1. The zero-order chi connectivity index (χ0) is 19.9. The summed E-state index contributed by atoms with van der Waals surface area (Å²) in [5, 5.41) is 9.11.